The van der Waals surface area contributed by atoms with Crippen LogP contribution in [0.4, 0.5) is 0 Å². The smallest absolute Gasteiger partial charge is 0.0815 e. The quantitative estimate of drug-likeness (QED) is 0.899. The number of nitrogens with one attached hydrogen (secondary N) is 1. The fourth-order valence-electron chi connectivity index (χ4n) is 1.87. The fourth-order valence-corrected chi connectivity index (χ4v) is 2.02. The van der Waals surface area contributed by atoms with Gasteiger partial charge in [0.05, 0.1) is 17.3 Å². The summed E-state index contributed by atoms with van der Waals surface area (Å²) in [5, 5.41) is 8.41. The van der Waals surface area contributed by atoms with Crippen LogP contribution in [0.15, 0.2) is 30.5 Å². The third-order valence-corrected chi connectivity index (χ3v) is 3.17. The molecule has 0 aliphatic carbocycles. The van der Waals surface area contributed by atoms with Crippen molar-refractivity contribution in [3.05, 3.63) is 52.3 Å². The van der Waals surface area contributed by atoms with Gasteiger partial charge in [-0.25, -0.2) is 0 Å². The molecule has 1 N–H and O–H groups in total. The lowest BCUT2D eigenvalue weighted by Gasteiger charge is -2.06. The van der Waals surface area contributed by atoms with E-state index in [0.717, 1.165) is 30.4 Å². The van der Waals surface area contributed by atoms with Crippen LogP contribution < -0.4 is 5.32 Å². The van der Waals surface area contributed by atoms with Crippen LogP contribution in [0.2, 0.25) is 5.02 Å². The molecule has 2 aromatic rings. The van der Waals surface area contributed by atoms with Gasteiger partial charge in [-0.15, -0.1) is 0 Å². The van der Waals surface area contributed by atoms with E-state index in [1.54, 1.807) is 0 Å². The van der Waals surface area contributed by atoms with Crippen molar-refractivity contribution >= 4 is 11.6 Å². The average Bonchev–Trinajstić information content (AvgIpc) is 2.66. The predicted octanol–water partition coefficient (Wildman–Crippen LogP) is 3.00. The highest BCUT2D eigenvalue weighted by atomic mass is 35.5. The number of halogens is 1. The Morgan fingerprint density at radius 2 is 2.11 bits per heavy atom. The van der Waals surface area contributed by atoms with Crippen molar-refractivity contribution < 1.29 is 0 Å². The Labute approximate surface area is 113 Å². The van der Waals surface area contributed by atoms with E-state index in [1.807, 2.05) is 17.8 Å². The number of aryl methyl sites for hydroxylation is 1. The van der Waals surface area contributed by atoms with Gasteiger partial charge in [-0.05, 0) is 24.6 Å². The van der Waals surface area contributed by atoms with Gasteiger partial charge in [-0.3, -0.25) is 4.68 Å². The number of hydrogen-bond acceptors (Lipinski definition) is 2. The van der Waals surface area contributed by atoms with E-state index < -0.39 is 0 Å². The number of hydrogen-bond donors (Lipinski definition) is 1. The Morgan fingerprint density at radius 3 is 2.78 bits per heavy atom. The fraction of sp³-hybridized carbons (Fsp3) is 0.357. The predicted molar refractivity (Wildman–Crippen MR) is 74.9 cm³/mol. The summed E-state index contributed by atoms with van der Waals surface area (Å²) in [5.41, 5.74) is 3.41. The first-order valence-electron chi connectivity index (χ1n) is 6.17. The minimum absolute atomic E-state index is 0.721. The molecule has 0 saturated heterocycles. The summed E-state index contributed by atoms with van der Waals surface area (Å²) >= 11 is 6.00. The van der Waals surface area contributed by atoms with Crippen molar-refractivity contribution in [2.75, 3.05) is 6.54 Å². The summed E-state index contributed by atoms with van der Waals surface area (Å²) in [6, 6.07) is 8.53. The molecule has 0 amide bonds. The van der Waals surface area contributed by atoms with Crippen molar-refractivity contribution in [2.24, 2.45) is 0 Å². The molecular formula is C14H18ClN3. The van der Waals surface area contributed by atoms with Crippen LogP contribution in [0.25, 0.3) is 0 Å². The molecule has 0 saturated carbocycles. The van der Waals surface area contributed by atoms with Crippen molar-refractivity contribution in [3.63, 3.8) is 0 Å². The lowest BCUT2D eigenvalue weighted by molar-refractivity contribution is 0.676. The second kappa shape index (κ2) is 6.03. The zero-order valence-corrected chi connectivity index (χ0v) is 11.5. The molecule has 0 bridgehead atoms. The normalized spacial score (nSPS) is 10.8. The largest absolute Gasteiger partial charge is 0.313 e. The Morgan fingerprint density at radius 1 is 1.33 bits per heavy atom. The molecular weight excluding hydrogens is 246 g/mol. The van der Waals surface area contributed by atoms with Gasteiger partial charge in [-0.2, -0.15) is 5.10 Å². The van der Waals surface area contributed by atoms with E-state index in [1.165, 1.54) is 11.1 Å². The summed E-state index contributed by atoms with van der Waals surface area (Å²) in [5.74, 6) is 0. The van der Waals surface area contributed by atoms with Gasteiger partial charge in [0.1, 0.15) is 0 Å². The molecule has 96 valence electrons. The van der Waals surface area contributed by atoms with Crippen LogP contribution in [0, 0.1) is 6.92 Å². The van der Waals surface area contributed by atoms with E-state index in [4.69, 9.17) is 11.6 Å². The maximum atomic E-state index is 6.00. The molecule has 0 spiro atoms. The van der Waals surface area contributed by atoms with Gasteiger partial charge in [0.15, 0.2) is 0 Å². The van der Waals surface area contributed by atoms with Crippen molar-refractivity contribution in [2.45, 2.75) is 26.9 Å². The van der Waals surface area contributed by atoms with Crippen LogP contribution in [-0.2, 0) is 13.1 Å². The molecule has 0 radical (unpaired) electrons. The van der Waals surface area contributed by atoms with E-state index >= 15 is 0 Å². The van der Waals surface area contributed by atoms with Crippen LogP contribution in [-0.4, -0.2) is 16.3 Å². The number of benzene rings is 1. The molecule has 0 unspecified atom stereocenters. The molecule has 18 heavy (non-hydrogen) atoms. The van der Waals surface area contributed by atoms with Crippen LogP contribution in [0.5, 0.6) is 0 Å². The topological polar surface area (TPSA) is 29.9 Å². The van der Waals surface area contributed by atoms with Gasteiger partial charge in [0, 0.05) is 12.7 Å². The Balaban J connectivity index is 2.09. The van der Waals surface area contributed by atoms with Crippen molar-refractivity contribution in [1.82, 2.24) is 15.1 Å². The Kier molecular flexibility index (Phi) is 4.39. The third-order valence-electron chi connectivity index (χ3n) is 2.80. The van der Waals surface area contributed by atoms with Crippen LogP contribution in [0.3, 0.4) is 0 Å². The van der Waals surface area contributed by atoms with E-state index in [9.17, 15) is 0 Å². The third kappa shape index (κ3) is 3.34. The van der Waals surface area contributed by atoms with Gasteiger partial charge >= 0.3 is 0 Å². The van der Waals surface area contributed by atoms with Crippen molar-refractivity contribution in [3.8, 4) is 0 Å². The highest BCUT2D eigenvalue weighted by molar-refractivity contribution is 6.31. The molecule has 4 heteroatoms. The highest BCUT2D eigenvalue weighted by Crippen LogP contribution is 2.14. The molecule has 3 nitrogen and oxygen atoms in total. The van der Waals surface area contributed by atoms with Gasteiger partial charge in [0.25, 0.3) is 0 Å². The van der Waals surface area contributed by atoms with Gasteiger partial charge in [0.2, 0.25) is 0 Å². The molecule has 1 aromatic carbocycles. The maximum absolute atomic E-state index is 6.00. The zero-order chi connectivity index (χ0) is 13.0. The molecule has 0 fully saturated rings. The summed E-state index contributed by atoms with van der Waals surface area (Å²) in [6.07, 6.45) is 1.87. The second-order valence-corrected chi connectivity index (χ2v) is 4.77. The average molecular weight is 264 g/mol. The second-order valence-electron chi connectivity index (χ2n) is 4.36. The van der Waals surface area contributed by atoms with E-state index in [0.29, 0.717) is 0 Å². The standard InChI is InChI=1S/C14H18ClN3/c1-3-16-8-12-5-4-6-13(7-12)9-18-10-14(15)11(2)17-18/h4-7,10,16H,3,8-9H2,1-2H3. The first-order valence-corrected chi connectivity index (χ1v) is 6.55. The summed E-state index contributed by atoms with van der Waals surface area (Å²) < 4.78 is 1.88. The minimum atomic E-state index is 0.721. The summed E-state index contributed by atoms with van der Waals surface area (Å²) in [4.78, 5) is 0. The monoisotopic (exact) mass is 263 g/mol. The molecule has 1 aromatic heterocycles. The van der Waals surface area contributed by atoms with Gasteiger partial charge in [-0.1, -0.05) is 42.8 Å². The van der Waals surface area contributed by atoms with Gasteiger partial charge < -0.3 is 5.32 Å². The van der Waals surface area contributed by atoms with Crippen molar-refractivity contribution in [1.29, 1.82) is 0 Å². The Bertz CT molecular complexity index is 500. The highest BCUT2D eigenvalue weighted by Gasteiger charge is 2.03. The lowest BCUT2D eigenvalue weighted by Crippen LogP contribution is -2.12. The number of rotatable bonds is 5. The van der Waals surface area contributed by atoms with Crippen LogP contribution in [0.1, 0.15) is 23.7 Å². The Hall–Kier alpha value is -1.32. The minimum Gasteiger partial charge on any atom is -0.313 e. The zero-order valence-electron chi connectivity index (χ0n) is 10.8. The lowest BCUT2D eigenvalue weighted by atomic mass is 10.1. The molecule has 0 atom stereocenters. The number of aromatic nitrogens is 2. The molecule has 0 aliphatic heterocycles. The molecule has 1 heterocycles. The van der Waals surface area contributed by atoms with E-state index in [2.05, 4.69) is 41.6 Å². The first-order chi connectivity index (χ1) is 8.69. The summed E-state index contributed by atoms with van der Waals surface area (Å²) in [6.45, 7) is 6.67. The first kappa shape index (κ1) is 13.1. The van der Waals surface area contributed by atoms with E-state index in [-0.39, 0.29) is 0 Å². The SMILES string of the molecule is CCNCc1cccc(Cn2cc(Cl)c(C)n2)c1. The summed E-state index contributed by atoms with van der Waals surface area (Å²) in [7, 11) is 0. The number of nitrogens with zero attached hydrogens (tertiary/aromatic N) is 2. The maximum Gasteiger partial charge on any atom is 0.0815 e. The molecule has 0 aliphatic rings. The van der Waals surface area contributed by atoms with Crippen LogP contribution >= 0.6 is 11.6 Å². The molecule has 2 rings (SSSR count).